The van der Waals surface area contributed by atoms with Gasteiger partial charge in [-0.3, -0.25) is 4.79 Å². The summed E-state index contributed by atoms with van der Waals surface area (Å²) in [7, 11) is 0. The standard InChI is InChI=1S/C13H13NO5/c1-2-19-13(18)9-3-5-10(6-4-9)14-11(15)7-8-12(16)17/h3-8H,2H2,1H3,(H,14,15)(H,16,17). The summed E-state index contributed by atoms with van der Waals surface area (Å²) in [5.74, 6) is -2.20. The van der Waals surface area contributed by atoms with Gasteiger partial charge in [0, 0.05) is 17.8 Å². The number of nitrogens with one attached hydrogen (secondary N) is 1. The van der Waals surface area contributed by atoms with Crippen LogP contribution >= 0.6 is 0 Å². The number of carboxylic acids is 1. The molecule has 0 atom stereocenters. The highest BCUT2D eigenvalue weighted by Crippen LogP contribution is 2.10. The average molecular weight is 263 g/mol. The van der Waals surface area contributed by atoms with Crippen molar-refractivity contribution in [3.8, 4) is 0 Å². The van der Waals surface area contributed by atoms with Gasteiger partial charge in [-0.1, -0.05) is 0 Å². The predicted molar refractivity (Wildman–Crippen MR) is 67.8 cm³/mol. The molecule has 1 aromatic rings. The molecule has 0 radical (unpaired) electrons. The molecule has 0 aliphatic carbocycles. The number of ether oxygens (including phenoxy) is 1. The molecule has 6 heteroatoms. The van der Waals surface area contributed by atoms with Crippen molar-refractivity contribution in [3.05, 3.63) is 42.0 Å². The molecule has 0 fully saturated rings. The lowest BCUT2D eigenvalue weighted by molar-refractivity contribution is -0.131. The number of hydrogen-bond acceptors (Lipinski definition) is 4. The van der Waals surface area contributed by atoms with Gasteiger partial charge in [0.15, 0.2) is 0 Å². The van der Waals surface area contributed by atoms with Crippen LogP contribution in [0.2, 0.25) is 0 Å². The Morgan fingerprint density at radius 2 is 1.84 bits per heavy atom. The van der Waals surface area contributed by atoms with Crippen LogP contribution in [0.5, 0.6) is 0 Å². The Morgan fingerprint density at radius 3 is 2.37 bits per heavy atom. The summed E-state index contributed by atoms with van der Waals surface area (Å²) in [4.78, 5) is 32.9. The highest BCUT2D eigenvalue weighted by atomic mass is 16.5. The number of aliphatic carboxylic acids is 1. The van der Waals surface area contributed by atoms with Crippen molar-refractivity contribution in [1.29, 1.82) is 0 Å². The number of hydrogen-bond donors (Lipinski definition) is 2. The molecule has 1 amide bonds. The van der Waals surface area contributed by atoms with Gasteiger partial charge in [0.1, 0.15) is 0 Å². The van der Waals surface area contributed by atoms with Crippen LogP contribution in [-0.2, 0) is 14.3 Å². The summed E-state index contributed by atoms with van der Waals surface area (Å²) >= 11 is 0. The van der Waals surface area contributed by atoms with Crippen LogP contribution in [0.25, 0.3) is 0 Å². The smallest absolute Gasteiger partial charge is 0.338 e. The fraction of sp³-hybridized carbons (Fsp3) is 0.154. The van der Waals surface area contributed by atoms with Crippen LogP contribution in [0, 0.1) is 0 Å². The van der Waals surface area contributed by atoms with Crippen molar-refractivity contribution in [3.63, 3.8) is 0 Å². The highest BCUT2D eigenvalue weighted by molar-refractivity contribution is 6.02. The van der Waals surface area contributed by atoms with Gasteiger partial charge in [-0.25, -0.2) is 9.59 Å². The van der Waals surface area contributed by atoms with Gasteiger partial charge >= 0.3 is 11.9 Å². The van der Waals surface area contributed by atoms with Crippen LogP contribution in [0.1, 0.15) is 17.3 Å². The Balaban J connectivity index is 2.64. The number of benzene rings is 1. The summed E-state index contributed by atoms with van der Waals surface area (Å²) in [6.45, 7) is 2.00. The number of carbonyl (C=O) groups excluding carboxylic acids is 2. The number of anilines is 1. The first-order chi connectivity index (χ1) is 9.02. The van der Waals surface area contributed by atoms with Gasteiger partial charge in [0.25, 0.3) is 0 Å². The molecular formula is C13H13NO5. The molecule has 0 heterocycles. The van der Waals surface area contributed by atoms with E-state index in [0.717, 1.165) is 12.2 Å². The Bertz CT molecular complexity index is 504. The maximum absolute atomic E-state index is 11.4. The zero-order chi connectivity index (χ0) is 14.3. The van der Waals surface area contributed by atoms with Crippen LogP contribution in [0.3, 0.4) is 0 Å². The quantitative estimate of drug-likeness (QED) is 0.619. The van der Waals surface area contributed by atoms with Crippen molar-refractivity contribution in [1.82, 2.24) is 0 Å². The molecule has 0 bridgehead atoms. The lowest BCUT2D eigenvalue weighted by atomic mass is 10.2. The van der Waals surface area contributed by atoms with E-state index in [9.17, 15) is 14.4 Å². The zero-order valence-corrected chi connectivity index (χ0v) is 10.3. The van der Waals surface area contributed by atoms with Crippen LogP contribution in [-0.4, -0.2) is 29.6 Å². The zero-order valence-electron chi connectivity index (χ0n) is 10.3. The van der Waals surface area contributed by atoms with E-state index >= 15 is 0 Å². The first-order valence-corrected chi connectivity index (χ1v) is 5.52. The lowest BCUT2D eigenvalue weighted by Crippen LogP contribution is -2.09. The lowest BCUT2D eigenvalue weighted by Gasteiger charge is -2.04. The second kappa shape index (κ2) is 6.95. The molecule has 0 unspecified atom stereocenters. The Hall–Kier alpha value is -2.63. The van der Waals surface area contributed by atoms with E-state index in [1.807, 2.05) is 0 Å². The Kier molecular flexibility index (Phi) is 5.28. The normalized spacial score (nSPS) is 10.2. The molecule has 0 saturated heterocycles. The summed E-state index contributed by atoms with van der Waals surface area (Å²) < 4.78 is 4.81. The van der Waals surface area contributed by atoms with Crippen molar-refractivity contribution in [2.24, 2.45) is 0 Å². The maximum atomic E-state index is 11.4. The molecule has 1 rings (SSSR count). The average Bonchev–Trinajstić information content (AvgIpc) is 2.37. The highest BCUT2D eigenvalue weighted by Gasteiger charge is 2.06. The number of esters is 1. The molecule has 19 heavy (non-hydrogen) atoms. The first kappa shape index (κ1) is 14.4. The molecule has 1 aromatic carbocycles. The molecule has 6 nitrogen and oxygen atoms in total. The summed E-state index contributed by atoms with van der Waals surface area (Å²) in [6, 6.07) is 6.07. The SMILES string of the molecule is CCOC(=O)c1ccc(NC(=O)C=CC(=O)O)cc1. The maximum Gasteiger partial charge on any atom is 0.338 e. The van der Waals surface area contributed by atoms with E-state index in [2.05, 4.69) is 5.32 Å². The second-order valence-corrected chi connectivity index (χ2v) is 3.46. The molecule has 0 aliphatic rings. The van der Waals surface area contributed by atoms with Crippen molar-refractivity contribution < 1.29 is 24.2 Å². The van der Waals surface area contributed by atoms with Gasteiger partial charge in [-0.2, -0.15) is 0 Å². The molecule has 100 valence electrons. The summed E-state index contributed by atoms with van der Waals surface area (Å²) in [5.41, 5.74) is 0.828. The monoisotopic (exact) mass is 263 g/mol. The third-order valence-corrected chi connectivity index (χ3v) is 2.04. The third-order valence-electron chi connectivity index (χ3n) is 2.04. The van der Waals surface area contributed by atoms with Crippen molar-refractivity contribution in [2.45, 2.75) is 6.92 Å². The number of rotatable bonds is 5. The minimum atomic E-state index is -1.20. The van der Waals surface area contributed by atoms with Crippen molar-refractivity contribution in [2.75, 3.05) is 11.9 Å². The summed E-state index contributed by atoms with van der Waals surface area (Å²) in [5, 5.41) is 10.8. The fourth-order valence-electron chi connectivity index (χ4n) is 1.23. The van der Waals surface area contributed by atoms with Gasteiger partial charge in [0.05, 0.1) is 12.2 Å². The van der Waals surface area contributed by atoms with Crippen LogP contribution < -0.4 is 5.32 Å². The Morgan fingerprint density at radius 1 is 1.21 bits per heavy atom. The van der Waals surface area contributed by atoms with Crippen LogP contribution in [0.15, 0.2) is 36.4 Å². The Labute approximate surface area is 109 Å². The largest absolute Gasteiger partial charge is 0.478 e. The van der Waals surface area contributed by atoms with E-state index in [1.54, 1.807) is 6.92 Å². The topological polar surface area (TPSA) is 92.7 Å². The van der Waals surface area contributed by atoms with Gasteiger partial charge in [-0.15, -0.1) is 0 Å². The fourth-order valence-corrected chi connectivity index (χ4v) is 1.23. The van der Waals surface area contributed by atoms with Crippen molar-refractivity contribution >= 4 is 23.5 Å². The molecule has 0 aromatic heterocycles. The van der Waals surface area contributed by atoms with E-state index in [0.29, 0.717) is 11.3 Å². The molecular weight excluding hydrogens is 250 g/mol. The number of carboxylic acid groups (broad SMARTS) is 1. The van der Waals surface area contributed by atoms with Gasteiger partial charge in [0.2, 0.25) is 5.91 Å². The van der Waals surface area contributed by atoms with Gasteiger partial charge < -0.3 is 15.2 Å². The van der Waals surface area contributed by atoms with E-state index < -0.39 is 17.8 Å². The third kappa shape index (κ3) is 5.03. The van der Waals surface area contributed by atoms with E-state index in [4.69, 9.17) is 9.84 Å². The molecule has 2 N–H and O–H groups in total. The first-order valence-electron chi connectivity index (χ1n) is 5.52. The predicted octanol–water partition coefficient (Wildman–Crippen LogP) is 1.44. The van der Waals surface area contributed by atoms with Gasteiger partial charge in [-0.05, 0) is 31.2 Å². The van der Waals surface area contributed by atoms with Crippen LogP contribution in [0.4, 0.5) is 5.69 Å². The summed E-state index contributed by atoms with van der Waals surface area (Å²) in [6.07, 6.45) is 1.64. The molecule has 0 saturated carbocycles. The van der Waals surface area contributed by atoms with E-state index in [-0.39, 0.29) is 6.61 Å². The number of carbonyl (C=O) groups is 3. The second-order valence-electron chi connectivity index (χ2n) is 3.46. The number of amides is 1. The molecule has 0 aliphatic heterocycles. The minimum absolute atomic E-state index is 0.289. The molecule has 0 spiro atoms. The van der Waals surface area contributed by atoms with E-state index in [1.165, 1.54) is 24.3 Å². The minimum Gasteiger partial charge on any atom is -0.478 e.